The molecule has 0 spiro atoms. The largest absolute Gasteiger partial charge is 0.384 e. The Balaban J connectivity index is 2.40. The van der Waals surface area contributed by atoms with Gasteiger partial charge in [-0.25, -0.2) is 0 Å². The average Bonchev–Trinajstić information content (AvgIpc) is 2.22. The van der Waals surface area contributed by atoms with E-state index < -0.39 is 0 Å². The fraction of sp³-hybridized carbons (Fsp3) is 0.462. The van der Waals surface area contributed by atoms with Gasteiger partial charge in [0.15, 0.2) is 0 Å². The van der Waals surface area contributed by atoms with E-state index in [9.17, 15) is 4.79 Å². The van der Waals surface area contributed by atoms with Gasteiger partial charge in [0, 0.05) is 25.2 Å². The van der Waals surface area contributed by atoms with Gasteiger partial charge < -0.3 is 10.6 Å². The fourth-order valence-corrected chi connectivity index (χ4v) is 1.61. The lowest BCUT2D eigenvalue weighted by molar-refractivity contribution is -0.120. The summed E-state index contributed by atoms with van der Waals surface area (Å²) in [5, 5.41) is 6.05. The van der Waals surface area contributed by atoms with Gasteiger partial charge in [0.05, 0.1) is 0 Å². The van der Waals surface area contributed by atoms with Gasteiger partial charge in [-0.05, 0) is 32.4 Å². The first kappa shape index (κ1) is 12.6. The molecule has 0 saturated carbocycles. The van der Waals surface area contributed by atoms with E-state index in [0.29, 0.717) is 19.5 Å². The number of benzene rings is 1. The maximum absolute atomic E-state index is 11.2. The Labute approximate surface area is 97.2 Å². The van der Waals surface area contributed by atoms with Crippen LogP contribution in [0.2, 0.25) is 0 Å². The molecule has 88 valence electrons. The van der Waals surface area contributed by atoms with Crippen molar-refractivity contribution in [3.05, 3.63) is 29.3 Å². The van der Waals surface area contributed by atoms with Gasteiger partial charge in [0.1, 0.15) is 0 Å². The van der Waals surface area contributed by atoms with Crippen LogP contribution in [0.4, 0.5) is 5.69 Å². The molecule has 1 aromatic carbocycles. The number of carbonyl (C=O) groups is 1. The van der Waals surface area contributed by atoms with Gasteiger partial charge in [0.25, 0.3) is 0 Å². The molecule has 0 aromatic heterocycles. The molecule has 16 heavy (non-hydrogen) atoms. The smallest absolute Gasteiger partial charge is 0.221 e. The second-order valence-electron chi connectivity index (χ2n) is 3.95. The Morgan fingerprint density at radius 3 is 2.69 bits per heavy atom. The Morgan fingerprint density at radius 1 is 1.31 bits per heavy atom. The number of amides is 1. The highest BCUT2D eigenvalue weighted by Crippen LogP contribution is 2.15. The summed E-state index contributed by atoms with van der Waals surface area (Å²) in [5.41, 5.74) is 3.58. The fourth-order valence-electron chi connectivity index (χ4n) is 1.61. The molecule has 3 nitrogen and oxygen atoms in total. The van der Waals surface area contributed by atoms with Crippen molar-refractivity contribution in [2.24, 2.45) is 0 Å². The van der Waals surface area contributed by atoms with Crippen LogP contribution in [0.3, 0.4) is 0 Å². The van der Waals surface area contributed by atoms with Crippen molar-refractivity contribution in [2.45, 2.75) is 27.2 Å². The molecule has 3 heteroatoms. The minimum absolute atomic E-state index is 0.0970. The first-order valence-electron chi connectivity index (χ1n) is 5.71. The van der Waals surface area contributed by atoms with Crippen molar-refractivity contribution in [3.8, 4) is 0 Å². The van der Waals surface area contributed by atoms with Crippen molar-refractivity contribution in [1.82, 2.24) is 5.32 Å². The van der Waals surface area contributed by atoms with E-state index in [1.165, 1.54) is 11.1 Å². The summed E-state index contributed by atoms with van der Waals surface area (Å²) in [5.74, 6) is 0.0970. The van der Waals surface area contributed by atoms with Crippen LogP contribution >= 0.6 is 0 Å². The molecule has 0 radical (unpaired) electrons. The van der Waals surface area contributed by atoms with Crippen molar-refractivity contribution in [1.29, 1.82) is 0 Å². The molecule has 0 aliphatic rings. The first-order valence-corrected chi connectivity index (χ1v) is 5.71. The zero-order valence-electron chi connectivity index (χ0n) is 10.3. The van der Waals surface area contributed by atoms with Crippen LogP contribution in [-0.2, 0) is 4.79 Å². The Hall–Kier alpha value is -1.51. The van der Waals surface area contributed by atoms with Crippen LogP contribution in [0.5, 0.6) is 0 Å². The predicted octanol–water partition coefficient (Wildman–Crippen LogP) is 2.24. The third-order valence-electron chi connectivity index (χ3n) is 2.42. The summed E-state index contributed by atoms with van der Waals surface area (Å²) in [4.78, 5) is 11.2. The number of hydrogen-bond donors (Lipinski definition) is 2. The highest BCUT2D eigenvalue weighted by Gasteiger charge is 2.00. The third kappa shape index (κ3) is 3.93. The molecule has 1 aromatic rings. The van der Waals surface area contributed by atoms with Crippen LogP contribution < -0.4 is 10.6 Å². The van der Waals surface area contributed by atoms with Crippen molar-refractivity contribution in [3.63, 3.8) is 0 Å². The third-order valence-corrected chi connectivity index (χ3v) is 2.42. The van der Waals surface area contributed by atoms with E-state index in [0.717, 1.165) is 5.69 Å². The lowest BCUT2D eigenvalue weighted by atomic mass is 10.1. The van der Waals surface area contributed by atoms with E-state index >= 15 is 0 Å². The van der Waals surface area contributed by atoms with Crippen LogP contribution in [-0.4, -0.2) is 19.0 Å². The van der Waals surface area contributed by atoms with Crippen molar-refractivity contribution < 1.29 is 4.79 Å². The lowest BCUT2D eigenvalue weighted by Gasteiger charge is -2.09. The number of anilines is 1. The molecule has 1 rings (SSSR count). The van der Waals surface area contributed by atoms with Gasteiger partial charge >= 0.3 is 0 Å². The van der Waals surface area contributed by atoms with E-state index in [-0.39, 0.29) is 5.91 Å². The van der Waals surface area contributed by atoms with Crippen LogP contribution in [0.15, 0.2) is 18.2 Å². The van der Waals surface area contributed by atoms with Gasteiger partial charge in [-0.3, -0.25) is 4.79 Å². The number of hydrogen-bond acceptors (Lipinski definition) is 2. The standard InChI is InChI=1S/C13H20N2O/c1-4-14-13(16)7-8-15-12-6-5-10(2)9-11(12)3/h5-6,9,15H,4,7-8H2,1-3H3,(H,14,16). The lowest BCUT2D eigenvalue weighted by Crippen LogP contribution is -2.24. The minimum Gasteiger partial charge on any atom is -0.384 e. The highest BCUT2D eigenvalue weighted by molar-refractivity contribution is 5.76. The van der Waals surface area contributed by atoms with E-state index in [1.54, 1.807) is 0 Å². The maximum Gasteiger partial charge on any atom is 0.221 e. The van der Waals surface area contributed by atoms with Gasteiger partial charge in [0.2, 0.25) is 5.91 Å². The zero-order chi connectivity index (χ0) is 12.0. The Bertz CT molecular complexity index is 361. The summed E-state index contributed by atoms with van der Waals surface area (Å²) >= 11 is 0. The molecule has 2 N–H and O–H groups in total. The molecule has 1 amide bonds. The normalized spacial score (nSPS) is 9.94. The molecular formula is C13H20N2O. The quantitative estimate of drug-likeness (QED) is 0.799. The summed E-state index contributed by atoms with van der Waals surface area (Å²) < 4.78 is 0. The summed E-state index contributed by atoms with van der Waals surface area (Å²) in [7, 11) is 0. The summed E-state index contributed by atoms with van der Waals surface area (Å²) in [6.45, 7) is 7.44. The second kappa shape index (κ2) is 6.16. The summed E-state index contributed by atoms with van der Waals surface area (Å²) in [6.07, 6.45) is 0.515. The molecule has 0 aliphatic carbocycles. The first-order chi connectivity index (χ1) is 7.63. The van der Waals surface area contributed by atoms with E-state index in [1.807, 2.05) is 6.92 Å². The van der Waals surface area contributed by atoms with Crippen LogP contribution in [0.25, 0.3) is 0 Å². The van der Waals surface area contributed by atoms with Gasteiger partial charge in [-0.15, -0.1) is 0 Å². The van der Waals surface area contributed by atoms with E-state index in [2.05, 4.69) is 42.7 Å². The topological polar surface area (TPSA) is 41.1 Å². The zero-order valence-corrected chi connectivity index (χ0v) is 10.3. The summed E-state index contributed by atoms with van der Waals surface area (Å²) in [6, 6.07) is 6.26. The molecule has 0 bridgehead atoms. The molecule has 0 saturated heterocycles. The maximum atomic E-state index is 11.2. The molecule has 0 unspecified atom stereocenters. The predicted molar refractivity (Wildman–Crippen MR) is 67.7 cm³/mol. The highest BCUT2D eigenvalue weighted by atomic mass is 16.1. The number of nitrogens with one attached hydrogen (secondary N) is 2. The van der Waals surface area contributed by atoms with Crippen LogP contribution in [0, 0.1) is 13.8 Å². The van der Waals surface area contributed by atoms with Crippen LogP contribution in [0.1, 0.15) is 24.5 Å². The van der Waals surface area contributed by atoms with Gasteiger partial charge in [-0.2, -0.15) is 0 Å². The average molecular weight is 220 g/mol. The SMILES string of the molecule is CCNC(=O)CCNc1ccc(C)cc1C. The number of rotatable bonds is 5. The molecule has 0 atom stereocenters. The van der Waals surface area contributed by atoms with Crippen molar-refractivity contribution in [2.75, 3.05) is 18.4 Å². The van der Waals surface area contributed by atoms with Crippen molar-refractivity contribution >= 4 is 11.6 Å². The Kier molecular flexibility index (Phi) is 4.83. The molecule has 0 aliphatic heterocycles. The molecular weight excluding hydrogens is 200 g/mol. The van der Waals surface area contributed by atoms with Gasteiger partial charge in [-0.1, -0.05) is 17.7 Å². The van der Waals surface area contributed by atoms with E-state index in [4.69, 9.17) is 0 Å². The Morgan fingerprint density at radius 2 is 2.06 bits per heavy atom. The second-order valence-corrected chi connectivity index (χ2v) is 3.95. The monoisotopic (exact) mass is 220 g/mol. The number of aryl methyl sites for hydroxylation is 2. The molecule has 0 fully saturated rings. The number of carbonyl (C=O) groups excluding carboxylic acids is 1. The minimum atomic E-state index is 0.0970. The molecule has 0 heterocycles.